The van der Waals surface area contributed by atoms with Crippen molar-refractivity contribution < 1.29 is 27.5 Å². The number of nitrogens with zero attached hydrogens (tertiary/aromatic N) is 1. The highest BCUT2D eigenvalue weighted by Gasteiger charge is 2.41. The van der Waals surface area contributed by atoms with Crippen molar-refractivity contribution in [3.05, 3.63) is 42.2 Å². The summed E-state index contributed by atoms with van der Waals surface area (Å²) in [6.07, 6.45) is -3.91. The number of benzene rings is 1. The normalized spacial score (nSPS) is 12.5. The van der Waals surface area contributed by atoms with Gasteiger partial charge in [0, 0.05) is 23.9 Å². The van der Waals surface area contributed by atoms with Crippen LogP contribution in [-0.4, -0.2) is 41.2 Å². The predicted molar refractivity (Wildman–Crippen MR) is 77.7 cm³/mol. The largest absolute Gasteiger partial charge is 0.471 e. The van der Waals surface area contributed by atoms with Gasteiger partial charge in [-0.2, -0.15) is 13.2 Å². The number of methoxy groups -OCH3 is 1. The van der Waals surface area contributed by atoms with E-state index in [4.69, 9.17) is 0 Å². The number of amides is 1. The van der Waals surface area contributed by atoms with Gasteiger partial charge in [0.15, 0.2) is 0 Å². The van der Waals surface area contributed by atoms with Crippen LogP contribution in [0.5, 0.6) is 0 Å². The molecule has 0 radical (unpaired) electrons. The highest BCUT2D eigenvalue weighted by molar-refractivity contribution is 5.87. The van der Waals surface area contributed by atoms with Gasteiger partial charge in [0.2, 0.25) is 0 Å². The summed E-state index contributed by atoms with van der Waals surface area (Å²) in [5.74, 6) is -2.69. The molecule has 0 aliphatic carbocycles. The Hall–Kier alpha value is -2.84. The number of rotatable bonds is 5. The van der Waals surface area contributed by atoms with Crippen LogP contribution in [0, 0.1) is 0 Å². The van der Waals surface area contributed by atoms with E-state index in [0.717, 1.165) is 12.7 Å². The Balaban J connectivity index is 2.14. The molecule has 0 aliphatic rings. The van der Waals surface area contributed by atoms with Crippen LogP contribution >= 0.6 is 0 Å². The minimum atomic E-state index is -5.09. The van der Waals surface area contributed by atoms with Gasteiger partial charge in [0.1, 0.15) is 11.9 Å². The molecule has 0 saturated carbocycles. The van der Waals surface area contributed by atoms with Crippen molar-refractivity contribution in [3.8, 4) is 11.4 Å². The Morgan fingerprint density at radius 2 is 1.96 bits per heavy atom. The van der Waals surface area contributed by atoms with Crippen molar-refractivity contribution in [2.24, 2.45) is 0 Å². The SMILES string of the molecule is COC(=O)[C@H](Cc1cnc(-c2ccccc2)[nH]1)NC(=O)C(F)(F)F. The van der Waals surface area contributed by atoms with Crippen LogP contribution in [0.15, 0.2) is 36.5 Å². The third-order valence-corrected chi connectivity index (χ3v) is 3.15. The zero-order valence-corrected chi connectivity index (χ0v) is 12.6. The highest BCUT2D eigenvalue weighted by Crippen LogP contribution is 2.17. The Kier molecular flexibility index (Phi) is 5.22. The van der Waals surface area contributed by atoms with E-state index >= 15 is 0 Å². The quantitative estimate of drug-likeness (QED) is 0.813. The minimum Gasteiger partial charge on any atom is -0.467 e. The van der Waals surface area contributed by atoms with E-state index in [1.54, 1.807) is 29.6 Å². The van der Waals surface area contributed by atoms with Gasteiger partial charge in [0.05, 0.1) is 7.11 Å². The number of imidazole rings is 1. The molecule has 0 aliphatic heterocycles. The minimum absolute atomic E-state index is 0.214. The van der Waals surface area contributed by atoms with Crippen LogP contribution < -0.4 is 5.32 Å². The molecule has 6 nitrogen and oxygen atoms in total. The number of hydrogen-bond acceptors (Lipinski definition) is 4. The van der Waals surface area contributed by atoms with E-state index < -0.39 is 24.1 Å². The number of H-pyrrole nitrogens is 1. The van der Waals surface area contributed by atoms with Gasteiger partial charge in [-0.25, -0.2) is 9.78 Å². The Bertz CT molecular complexity index is 713. The second-order valence-electron chi connectivity index (χ2n) is 4.87. The number of aromatic amines is 1. The lowest BCUT2D eigenvalue weighted by molar-refractivity contribution is -0.175. The number of aromatic nitrogens is 2. The molecule has 1 aromatic carbocycles. The Labute approximate surface area is 135 Å². The number of carbonyl (C=O) groups is 2. The van der Waals surface area contributed by atoms with Gasteiger partial charge >= 0.3 is 18.1 Å². The summed E-state index contributed by atoms with van der Waals surface area (Å²) in [6, 6.07) is 7.55. The van der Waals surface area contributed by atoms with Crippen LogP contribution in [0.2, 0.25) is 0 Å². The molecule has 1 atom stereocenters. The van der Waals surface area contributed by atoms with Crippen LogP contribution in [0.4, 0.5) is 13.2 Å². The molecule has 1 amide bonds. The summed E-state index contributed by atoms with van der Waals surface area (Å²) < 4.78 is 41.5. The number of esters is 1. The molecule has 0 saturated heterocycles. The van der Waals surface area contributed by atoms with E-state index in [-0.39, 0.29) is 6.42 Å². The number of carbonyl (C=O) groups excluding carboxylic acids is 2. The van der Waals surface area contributed by atoms with E-state index in [1.807, 2.05) is 6.07 Å². The molecule has 0 unspecified atom stereocenters. The zero-order chi connectivity index (χ0) is 17.7. The lowest BCUT2D eigenvalue weighted by atomic mass is 10.1. The molecule has 128 valence electrons. The van der Waals surface area contributed by atoms with Gasteiger partial charge in [-0.15, -0.1) is 0 Å². The zero-order valence-electron chi connectivity index (χ0n) is 12.6. The number of alkyl halides is 3. The second-order valence-corrected chi connectivity index (χ2v) is 4.87. The van der Waals surface area contributed by atoms with Gasteiger partial charge in [0.25, 0.3) is 0 Å². The molecule has 1 aromatic heterocycles. The number of hydrogen-bond donors (Lipinski definition) is 2. The molecule has 2 aromatic rings. The molecule has 0 spiro atoms. The van der Waals surface area contributed by atoms with Crippen LogP contribution in [0.3, 0.4) is 0 Å². The summed E-state index contributed by atoms with van der Waals surface area (Å²) in [6.45, 7) is 0. The first-order chi connectivity index (χ1) is 11.3. The highest BCUT2D eigenvalue weighted by atomic mass is 19.4. The second kappa shape index (κ2) is 7.16. The van der Waals surface area contributed by atoms with Crippen LogP contribution in [0.25, 0.3) is 11.4 Å². The maximum Gasteiger partial charge on any atom is 0.471 e. The van der Waals surface area contributed by atoms with E-state index in [1.165, 1.54) is 6.20 Å². The molecule has 24 heavy (non-hydrogen) atoms. The fourth-order valence-electron chi connectivity index (χ4n) is 2.00. The maximum atomic E-state index is 12.4. The topological polar surface area (TPSA) is 84.1 Å². The van der Waals surface area contributed by atoms with Crippen molar-refractivity contribution in [2.45, 2.75) is 18.6 Å². The number of halogens is 3. The smallest absolute Gasteiger partial charge is 0.467 e. The van der Waals surface area contributed by atoms with Gasteiger partial charge < -0.3 is 15.0 Å². The standard InChI is InChI=1S/C15H14F3N3O3/c1-24-13(22)11(21-14(23)15(16,17)18)7-10-8-19-12(20-10)9-5-3-2-4-6-9/h2-6,8,11H,7H2,1H3,(H,19,20)(H,21,23)/t11-/m0/s1. The van der Waals surface area contributed by atoms with E-state index in [0.29, 0.717) is 11.5 Å². The lowest BCUT2D eigenvalue weighted by Gasteiger charge is -2.16. The van der Waals surface area contributed by atoms with Gasteiger partial charge in [-0.05, 0) is 0 Å². The van der Waals surface area contributed by atoms with Crippen molar-refractivity contribution in [1.82, 2.24) is 15.3 Å². The third kappa shape index (κ3) is 4.34. The summed E-state index contributed by atoms with van der Waals surface area (Å²) >= 11 is 0. The maximum absolute atomic E-state index is 12.4. The average Bonchev–Trinajstić information content (AvgIpc) is 3.02. The lowest BCUT2D eigenvalue weighted by Crippen LogP contribution is -2.48. The molecular formula is C15H14F3N3O3. The van der Waals surface area contributed by atoms with Crippen LogP contribution in [-0.2, 0) is 20.7 Å². The first-order valence-corrected chi connectivity index (χ1v) is 6.86. The van der Waals surface area contributed by atoms with Crippen molar-refractivity contribution in [2.75, 3.05) is 7.11 Å². The van der Waals surface area contributed by atoms with Crippen molar-refractivity contribution >= 4 is 11.9 Å². The Morgan fingerprint density at radius 1 is 1.29 bits per heavy atom. The van der Waals surface area contributed by atoms with Gasteiger partial charge in [-0.3, -0.25) is 4.79 Å². The molecule has 9 heteroatoms. The number of ether oxygens (including phenoxy) is 1. The molecule has 0 bridgehead atoms. The van der Waals surface area contributed by atoms with Gasteiger partial charge in [-0.1, -0.05) is 30.3 Å². The molecule has 0 fully saturated rings. The fraction of sp³-hybridized carbons (Fsp3) is 0.267. The average molecular weight is 341 g/mol. The van der Waals surface area contributed by atoms with E-state index in [9.17, 15) is 22.8 Å². The first kappa shape index (κ1) is 17.5. The Morgan fingerprint density at radius 3 is 2.54 bits per heavy atom. The van der Waals surface area contributed by atoms with Crippen molar-refractivity contribution in [1.29, 1.82) is 0 Å². The number of nitrogens with one attached hydrogen (secondary N) is 2. The monoisotopic (exact) mass is 341 g/mol. The molecule has 2 rings (SSSR count). The van der Waals surface area contributed by atoms with Crippen molar-refractivity contribution in [3.63, 3.8) is 0 Å². The molecule has 2 N–H and O–H groups in total. The van der Waals surface area contributed by atoms with Crippen LogP contribution in [0.1, 0.15) is 5.69 Å². The summed E-state index contributed by atoms with van der Waals surface area (Å²) in [7, 11) is 1.03. The summed E-state index contributed by atoms with van der Waals surface area (Å²) in [5.41, 5.74) is 1.16. The summed E-state index contributed by atoms with van der Waals surface area (Å²) in [5, 5.41) is 1.62. The molecule has 1 heterocycles. The molecular weight excluding hydrogens is 327 g/mol. The van der Waals surface area contributed by atoms with E-state index in [2.05, 4.69) is 14.7 Å². The fourth-order valence-corrected chi connectivity index (χ4v) is 2.00. The first-order valence-electron chi connectivity index (χ1n) is 6.86. The third-order valence-electron chi connectivity index (χ3n) is 3.15. The summed E-state index contributed by atoms with van der Waals surface area (Å²) in [4.78, 5) is 29.7. The predicted octanol–water partition coefficient (Wildman–Crippen LogP) is 1.84.